The zero-order valence-corrected chi connectivity index (χ0v) is 13.7. The summed E-state index contributed by atoms with van der Waals surface area (Å²) in [7, 11) is 0. The Morgan fingerprint density at radius 2 is 2.04 bits per heavy atom. The Balaban J connectivity index is 1.48. The minimum Gasteiger partial charge on any atom is -0.493 e. The van der Waals surface area contributed by atoms with E-state index in [0.717, 1.165) is 49.6 Å². The zero-order valence-electron chi connectivity index (χ0n) is 13.7. The molecule has 0 saturated carbocycles. The molecule has 0 amide bonds. The maximum atomic E-state index is 6.00. The van der Waals surface area contributed by atoms with Crippen LogP contribution in [0.4, 0.5) is 0 Å². The van der Waals surface area contributed by atoms with Crippen LogP contribution in [0.15, 0.2) is 22.7 Å². The second-order valence-corrected chi connectivity index (χ2v) is 6.69. The van der Waals surface area contributed by atoms with Crippen molar-refractivity contribution in [2.24, 2.45) is 0 Å². The molecule has 4 nitrogen and oxygen atoms in total. The first-order valence-corrected chi connectivity index (χ1v) is 8.73. The van der Waals surface area contributed by atoms with E-state index in [1.54, 1.807) is 0 Å². The fraction of sp³-hybridized carbons (Fsp3) is 0.526. The van der Waals surface area contributed by atoms with Gasteiger partial charge < -0.3 is 14.6 Å². The molecule has 2 aromatic rings. The van der Waals surface area contributed by atoms with Gasteiger partial charge in [0.05, 0.1) is 12.3 Å². The molecule has 2 aliphatic rings. The third-order valence-electron chi connectivity index (χ3n) is 4.93. The van der Waals surface area contributed by atoms with Crippen LogP contribution in [0.1, 0.15) is 53.4 Å². The summed E-state index contributed by atoms with van der Waals surface area (Å²) in [5.41, 5.74) is 5.30. The van der Waals surface area contributed by atoms with E-state index >= 15 is 0 Å². The first-order chi connectivity index (χ1) is 11.3. The summed E-state index contributed by atoms with van der Waals surface area (Å²) < 4.78 is 11.3. The van der Waals surface area contributed by atoms with Crippen molar-refractivity contribution < 1.29 is 9.26 Å². The molecule has 0 fully saturated rings. The molecule has 1 aliphatic heterocycles. The van der Waals surface area contributed by atoms with Gasteiger partial charge in [-0.05, 0) is 56.2 Å². The number of hydrogen-bond acceptors (Lipinski definition) is 4. The van der Waals surface area contributed by atoms with E-state index in [-0.39, 0.29) is 0 Å². The summed E-state index contributed by atoms with van der Waals surface area (Å²) in [6, 6.07) is 7.07. The normalized spacial score (nSPS) is 19.8. The first kappa shape index (κ1) is 14.8. The average Bonchev–Trinajstić information content (AvgIpc) is 3.12. The van der Waals surface area contributed by atoms with E-state index in [0.29, 0.717) is 6.04 Å². The maximum Gasteiger partial charge on any atom is 0.138 e. The summed E-state index contributed by atoms with van der Waals surface area (Å²) in [6.45, 7) is 3.68. The van der Waals surface area contributed by atoms with E-state index < -0.39 is 0 Å². The van der Waals surface area contributed by atoms with Gasteiger partial charge in [0.1, 0.15) is 11.5 Å². The standard InChI is InChI=1S/C19H24N2O2/c1-13-10-16(23-21-13)7-8-20-18-6-3-9-22-19-12-15-5-2-4-14(15)11-17(18)19/h10-12,18,20H,2-9H2,1H3. The van der Waals surface area contributed by atoms with Crippen LogP contribution in [-0.4, -0.2) is 18.3 Å². The second kappa shape index (κ2) is 6.36. The molecule has 0 spiro atoms. The highest BCUT2D eigenvalue weighted by Crippen LogP contribution is 2.36. The molecule has 1 unspecified atom stereocenters. The van der Waals surface area contributed by atoms with Crippen LogP contribution in [-0.2, 0) is 19.3 Å². The van der Waals surface area contributed by atoms with Gasteiger partial charge in [0.15, 0.2) is 0 Å². The molecular weight excluding hydrogens is 288 g/mol. The quantitative estimate of drug-likeness (QED) is 0.938. The van der Waals surface area contributed by atoms with Gasteiger partial charge in [-0.3, -0.25) is 0 Å². The number of rotatable bonds is 4. The minimum atomic E-state index is 0.377. The number of benzene rings is 1. The van der Waals surface area contributed by atoms with Gasteiger partial charge in [-0.1, -0.05) is 11.2 Å². The molecule has 1 aromatic carbocycles. The minimum absolute atomic E-state index is 0.377. The summed E-state index contributed by atoms with van der Waals surface area (Å²) in [6.07, 6.45) is 6.79. The zero-order chi connectivity index (χ0) is 15.6. The Labute approximate surface area is 137 Å². The highest BCUT2D eigenvalue weighted by molar-refractivity contribution is 5.46. The number of nitrogens with zero attached hydrogens (tertiary/aromatic N) is 1. The Hall–Kier alpha value is -1.81. The first-order valence-electron chi connectivity index (χ1n) is 8.73. The summed E-state index contributed by atoms with van der Waals surface area (Å²) in [5, 5.41) is 7.65. The highest BCUT2D eigenvalue weighted by atomic mass is 16.5. The Kier molecular flexibility index (Phi) is 4.08. The van der Waals surface area contributed by atoms with Crippen LogP contribution in [0.5, 0.6) is 5.75 Å². The smallest absolute Gasteiger partial charge is 0.138 e. The van der Waals surface area contributed by atoms with Crippen molar-refractivity contribution in [2.75, 3.05) is 13.2 Å². The van der Waals surface area contributed by atoms with E-state index in [4.69, 9.17) is 9.26 Å². The van der Waals surface area contributed by atoms with E-state index in [1.165, 1.54) is 36.0 Å². The van der Waals surface area contributed by atoms with E-state index in [2.05, 4.69) is 22.6 Å². The number of hydrogen-bond donors (Lipinski definition) is 1. The van der Waals surface area contributed by atoms with Crippen LogP contribution in [0, 0.1) is 6.92 Å². The molecule has 0 radical (unpaired) electrons. The van der Waals surface area contributed by atoms with Gasteiger partial charge in [-0.25, -0.2) is 0 Å². The van der Waals surface area contributed by atoms with Gasteiger partial charge in [0, 0.05) is 30.6 Å². The lowest BCUT2D eigenvalue weighted by atomic mass is 9.97. The molecule has 1 aromatic heterocycles. The molecule has 0 bridgehead atoms. The van der Waals surface area contributed by atoms with Gasteiger partial charge >= 0.3 is 0 Å². The van der Waals surface area contributed by atoms with Crippen molar-refractivity contribution in [1.29, 1.82) is 0 Å². The van der Waals surface area contributed by atoms with E-state index in [9.17, 15) is 0 Å². The van der Waals surface area contributed by atoms with Crippen LogP contribution < -0.4 is 10.1 Å². The van der Waals surface area contributed by atoms with Crippen molar-refractivity contribution in [3.05, 3.63) is 46.3 Å². The number of aromatic nitrogens is 1. The Morgan fingerprint density at radius 1 is 1.17 bits per heavy atom. The van der Waals surface area contributed by atoms with Crippen molar-refractivity contribution in [1.82, 2.24) is 10.5 Å². The maximum absolute atomic E-state index is 6.00. The van der Waals surface area contributed by atoms with Gasteiger partial charge in [-0.2, -0.15) is 0 Å². The average molecular weight is 312 g/mol. The lowest BCUT2D eigenvalue weighted by molar-refractivity contribution is 0.314. The predicted octanol–water partition coefficient (Wildman–Crippen LogP) is 3.52. The van der Waals surface area contributed by atoms with Gasteiger partial charge in [0.2, 0.25) is 0 Å². The Morgan fingerprint density at radius 3 is 2.87 bits per heavy atom. The number of ether oxygens (including phenoxy) is 1. The van der Waals surface area contributed by atoms with Gasteiger partial charge in [0.25, 0.3) is 0 Å². The van der Waals surface area contributed by atoms with E-state index in [1.807, 2.05) is 13.0 Å². The van der Waals surface area contributed by atoms with Crippen molar-refractivity contribution in [3.8, 4) is 5.75 Å². The summed E-state index contributed by atoms with van der Waals surface area (Å²) in [5.74, 6) is 2.05. The third kappa shape index (κ3) is 3.13. The molecule has 4 heteroatoms. The fourth-order valence-corrected chi connectivity index (χ4v) is 3.76. The summed E-state index contributed by atoms with van der Waals surface area (Å²) >= 11 is 0. The van der Waals surface area contributed by atoms with Gasteiger partial charge in [-0.15, -0.1) is 0 Å². The fourth-order valence-electron chi connectivity index (χ4n) is 3.76. The Bertz CT molecular complexity index is 693. The van der Waals surface area contributed by atoms with Crippen LogP contribution in [0.25, 0.3) is 0 Å². The second-order valence-electron chi connectivity index (χ2n) is 6.69. The molecule has 2 heterocycles. The number of nitrogens with one attached hydrogen (secondary N) is 1. The third-order valence-corrected chi connectivity index (χ3v) is 4.93. The van der Waals surface area contributed by atoms with Crippen molar-refractivity contribution in [2.45, 2.75) is 51.5 Å². The number of aryl methyl sites for hydroxylation is 3. The largest absolute Gasteiger partial charge is 0.493 e. The molecular formula is C19H24N2O2. The van der Waals surface area contributed by atoms with Crippen molar-refractivity contribution in [3.63, 3.8) is 0 Å². The predicted molar refractivity (Wildman–Crippen MR) is 88.9 cm³/mol. The molecule has 1 atom stereocenters. The van der Waals surface area contributed by atoms with Crippen LogP contribution in [0.3, 0.4) is 0 Å². The lowest BCUT2D eigenvalue weighted by Crippen LogP contribution is -2.23. The molecule has 1 aliphatic carbocycles. The SMILES string of the molecule is Cc1cc(CCNC2CCCOc3cc4c(cc32)CCC4)on1. The monoisotopic (exact) mass is 312 g/mol. The molecule has 4 rings (SSSR count). The van der Waals surface area contributed by atoms with Crippen molar-refractivity contribution >= 4 is 0 Å². The highest BCUT2D eigenvalue weighted by Gasteiger charge is 2.23. The van der Waals surface area contributed by atoms with Crippen LogP contribution in [0.2, 0.25) is 0 Å². The summed E-state index contributed by atoms with van der Waals surface area (Å²) in [4.78, 5) is 0. The van der Waals surface area contributed by atoms with Crippen LogP contribution >= 0.6 is 0 Å². The molecule has 122 valence electrons. The topological polar surface area (TPSA) is 47.3 Å². The molecule has 23 heavy (non-hydrogen) atoms. The number of fused-ring (bicyclic) bond motifs is 2. The molecule has 0 saturated heterocycles. The lowest BCUT2D eigenvalue weighted by Gasteiger charge is -2.19. The molecule has 1 N–H and O–H groups in total.